The van der Waals surface area contributed by atoms with Crippen molar-refractivity contribution in [2.24, 2.45) is 0 Å². The fourth-order valence-corrected chi connectivity index (χ4v) is 1.99. The lowest BCUT2D eigenvalue weighted by Crippen LogP contribution is -1.99. The standard InChI is InChI=1S/C13H14INO/c1-9-3-4-11(7-12(9)14)15-8-13-10(2)5-6-16-13/h3-7,15H,8H2,1-2H3. The Labute approximate surface area is 109 Å². The number of rotatable bonds is 3. The first-order valence-electron chi connectivity index (χ1n) is 5.20. The Morgan fingerprint density at radius 3 is 2.62 bits per heavy atom. The van der Waals surface area contributed by atoms with Gasteiger partial charge in [0.05, 0.1) is 12.8 Å². The van der Waals surface area contributed by atoms with Gasteiger partial charge in [0.15, 0.2) is 0 Å². The van der Waals surface area contributed by atoms with Gasteiger partial charge in [-0.2, -0.15) is 0 Å². The minimum Gasteiger partial charge on any atom is -0.467 e. The lowest BCUT2D eigenvalue weighted by atomic mass is 10.2. The summed E-state index contributed by atoms with van der Waals surface area (Å²) in [6, 6.07) is 8.35. The summed E-state index contributed by atoms with van der Waals surface area (Å²) in [6.45, 7) is 4.90. The van der Waals surface area contributed by atoms with Crippen molar-refractivity contribution in [3.63, 3.8) is 0 Å². The van der Waals surface area contributed by atoms with Gasteiger partial charge in [-0.3, -0.25) is 0 Å². The van der Waals surface area contributed by atoms with E-state index in [9.17, 15) is 0 Å². The van der Waals surface area contributed by atoms with Crippen molar-refractivity contribution in [2.45, 2.75) is 20.4 Å². The maximum Gasteiger partial charge on any atom is 0.125 e. The number of aryl methyl sites for hydroxylation is 2. The molecule has 1 aromatic carbocycles. The van der Waals surface area contributed by atoms with E-state index in [2.05, 4.69) is 60.0 Å². The van der Waals surface area contributed by atoms with Crippen LogP contribution in [0.4, 0.5) is 5.69 Å². The van der Waals surface area contributed by atoms with Crippen molar-refractivity contribution < 1.29 is 4.42 Å². The molecule has 16 heavy (non-hydrogen) atoms. The van der Waals surface area contributed by atoms with Crippen molar-refractivity contribution in [1.29, 1.82) is 0 Å². The molecule has 1 heterocycles. The molecule has 0 saturated carbocycles. The predicted octanol–water partition coefficient (Wildman–Crippen LogP) is 4.11. The Bertz CT molecular complexity index is 490. The van der Waals surface area contributed by atoms with Crippen LogP contribution >= 0.6 is 22.6 Å². The van der Waals surface area contributed by atoms with Gasteiger partial charge < -0.3 is 9.73 Å². The lowest BCUT2D eigenvalue weighted by molar-refractivity contribution is 0.515. The molecule has 0 bridgehead atoms. The van der Waals surface area contributed by atoms with E-state index < -0.39 is 0 Å². The van der Waals surface area contributed by atoms with E-state index >= 15 is 0 Å². The van der Waals surface area contributed by atoms with Crippen LogP contribution in [0, 0.1) is 17.4 Å². The van der Waals surface area contributed by atoms with Crippen LogP contribution in [-0.4, -0.2) is 0 Å². The zero-order valence-corrected chi connectivity index (χ0v) is 11.5. The summed E-state index contributed by atoms with van der Waals surface area (Å²) in [5.74, 6) is 0.996. The maximum atomic E-state index is 5.38. The molecule has 0 aliphatic carbocycles. The van der Waals surface area contributed by atoms with Crippen molar-refractivity contribution in [3.05, 3.63) is 51.0 Å². The van der Waals surface area contributed by atoms with E-state index in [1.165, 1.54) is 14.7 Å². The number of hydrogen-bond donors (Lipinski definition) is 1. The molecule has 0 spiro atoms. The SMILES string of the molecule is Cc1ccc(NCc2occc2C)cc1I. The number of furan rings is 1. The second-order valence-corrected chi connectivity index (χ2v) is 5.01. The molecule has 3 heteroatoms. The van der Waals surface area contributed by atoms with Crippen LogP contribution in [0.3, 0.4) is 0 Å². The quantitative estimate of drug-likeness (QED) is 0.858. The Balaban J connectivity index is 2.05. The van der Waals surface area contributed by atoms with E-state index in [4.69, 9.17) is 4.42 Å². The Kier molecular flexibility index (Phi) is 3.53. The number of anilines is 1. The third-order valence-electron chi connectivity index (χ3n) is 2.59. The highest BCUT2D eigenvalue weighted by molar-refractivity contribution is 14.1. The third kappa shape index (κ3) is 2.58. The molecule has 84 valence electrons. The number of benzene rings is 1. The second-order valence-electron chi connectivity index (χ2n) is 3.84. The zero-order valence-electron chi connectivity index (χ0n) is 9.38. The summed E-state index contributed by atoms with van der Waals surface area (Å²) >= 11 is 2.35. The highest BCUT2D eigenvalue weighted by Crippen LogP contribution is 2.18. The lowest BCUT2D eigenvalue weighted by Gasteiger charge is -2.07. The highest BCUT2D eigenvalue weighted by Gasteiger charge is 2.02. The monoisotopic (exact) mass is 327 g/mol. The molecule has 2 nitrogen and oxygen atoms in total. The van der Waals surface area contributed by atoms with Gasteiger partial charge >= 0.3 is 0 Å². The van der Waals surface area contributed by atoms with Crippen LogP contribution in [0.5, 0.6) is 0 Å². The van der Waals surface area contributed by atoms with Crippen LogP contribution < -0.4 is 5.32 Å². The molecule has 0 amide bonds. The van der Waals surface area contributed by atoms with Gasteiger partial charge in [0.2, 0.25) is 0 Å². The van der Waals surface area contributed by atoms with Gasteiger partial charge in [0.1, 0.15) is 5.76 Å². The van der Waals surface area contributed by atoms with Gasteiger partial charge in [-0.1, -0.05) is 6.07 Å². The molecule has 2 aromatic rings. The van der Waals surface area contributed by atoms with Crippen molar-refractivity contribution in [2.75, 3.05) is 5.32 Å². The number of hydrogen-bond acceptors (Lipinski definition) is 2. The summed E-state index contributed by atoms with van der Waals surface area (Å²) in [7, 11) is 0. The topological polar surface area (TPSA) is 25.2 Å². The van der Waals surface area contributed by atoms with Crippen molar-refractivity contribution in [1.82, 2.24) is 0 Å². The Hall–Kier alpha value is -0.970. The number of nitrogens with one attached hydrogen (secondary N) is 1. The molecule has 0 aliphatic heterocycles. The molecule has 0 unspecified atom stereocenters. The number of halogens is 1. The molecule has 0 radical (unpaired) electrons. The van der Waals surface area contributed by atoms with E-state index in [1.807, 2.05) is 6.07 Å². The molecule has 1 aromatic heterocycles. The van der Waals surface area contributed by atoms with E-state index in [0.717, 1.165) is 18.0 Å². The Morgan fingerprint density at radius 2 is 2.00 bits per heavy atom. The van der Waals surface area contributed by atoms with Crippen molar-refractivity contribution >= 4 is 28.3 Å². The molecular formula is C13H14INO. The van der Waals surface area contributed by atoms with Gasteiger partial charge in [-0.05, 0) is 65.8 Å². The van der Waals surface area contributed by atoms with E-state index in [-0.39, 0.29) is 0 Å². The van der Waals surface area contributed by atoms with Crippen LogP contribution in [-0.2, 0) is 6.54 Å². The van der Waals surface area contributed by atoms with E-state index in [1.54, 1.807) is 6.26 Å². The first-order valence-corrected chi connectivity index (χ1v) is 6.27. The minimum atomic E-state index is 0.734. The fraction of sp³-hybridized carbons (Fsp3) is 0.231. The highest BCUT2D eigenvalue weighted by atomic mass is 127. The first kappa shape index (κ1) is 11.5. The smallest absolute Gasteiger partial charge is 0.125 e. The molecule has 0 fully saturated rings. The average Bonchev–Trinajstić information content (AvgIpc) is 2.66. The largest absolute Gasteiger partial charge is 0.467 e. The molecule has 0 aliphatic rings. The first-order chi connectivity index (χ1) is 7.66. The van der Waals surface area contributed by atoms with Crippen molar-refractivity contribution in [3.8, 4) is 0 Å². The molecule has 2 rings (SSSR count). The van der Waals surface area contributed by atoms with Crippen LogP contribution in [0.25, 0.3) is 0 Å². The van der Waals surface area contributed by atoms with Crippen LogP contribution in [0.15, 0.2) is 34.9 Å². The van der Waals surface area contributed by atoms with Gasteiger partial charge in [0, 0.05) is 9.26 Å². The van der Waals surface area contributed by atoms with Gasteiger partial charge in [-0.15, -0.1) is 0 Å². The van der Waals surface area contributed by atoms with Gasteiger partial charge in [0.25, 0.3) is 0 Å². The Morgan fingerprint density at radius 1 is 1.19 bits per heavy atom. The predicted molar refractivity (Wildman–Crippen MR) is 74.7 cm³/mol. The zero-order chi connectivity index (χ0) is 11.5. The third-order valence-corrected chi connectivity index (χ3v) is 3.76. The van der Waals surface area contributed by atoms with E-state index in [0.29, 0.717) is 0 Å². The summed E-state index contributed by atoms with van der Waals surface area (Å²) in [5, 5.41) is 3.36. The summed E-state index contributed by atoms with van der Waals surface area (Å²) < 4.78 is 6.65. The fourth-order valence-electron chi connectivity index (χ4n) is 1.47. The second kappa shape index (κ2) is 4.91. The maximum absolute atomic E-state index is 5.38. The molecule has 0 atom stereocenters. The van der Waals surface area contributed by atoms with Crippen LogP contribution in [0.2, 0.25) is 0 Å². The normalized spacial score (nSPS) is 10.4. The van der Waals surface area contributed by atoms with Crippen LogP contribution in [0.1, 0.15) is 16.9 Å². The summed E-state index contributed by atoms with van der Waals surface area (Å²) in [5.41, 5.74) is 3.63. The summed E-state index contributed by atoms with van der Waals surface area (Å²) in [4.78, 5) is 0. The average molecular weight is 327 g/mol. The molecule has 0 saturated heterocycles. The summed E-state index contributed by atoms with van der Waals surface area (Å²) in [6.07, 6.45) is 1.73. The molecule has 1 N–H and O–H groups in total. The minimum absolute atomic E-state index is 0.734. The molecular weight excluding hydrogens is 313 g/mol. The van der Waals surface area contributed by atoms with Gasteiger partial charge in [-0.25, -0.2) is 0 Å².